The molecule has 0 atom stereocenters. The molecule has 0 saturated heterocycles. The van der Waals surface area contributed by atoms with Gasteiger partial charge in [-0.2, -0.15) is 0 Å². The monoisotopic (exact) mass is 472 g/mol. The van der Waals surface area contributed by atoms with Gasteiger partial charge in [0.2, 0.25) is 0 Å². The van der Waals surface area contributed by atoms with Crippen molar-refractivity contribution < 1.29 is 70.0 Å². The van der Waals surface area contributed by atoms with Crippen LogP contribution in [0.3, 0.4) is 0 Å². The first-order valence-electron chi connectivity index (χ1n) is 6.39. The van der Waals surface area contributed by atoms with Crippen molar-refractivity contribution in [2.24, 2.45) is 0 Å². The summed E-state index contributed by atoms with van der Waals surface area (Å²) < 4.78 is 33.2. The predicted octanol–water partition coefficient (Wildman–Crippen LogP) is -0.434. The molecule has 1 rings (SSSR count). The first kappa shape index (κ1) is 22.8. The second kappa shape index (κ2) is 14.1. The van der Waals surface area contributed by atoms with Crippen molar-refractivity contribution in [1.82, 2.24) is 0 Å². The van der Waals surface area contributed by atoms with Crippen LogP contribution in [0.2, 0.25) is 16.0 Å². The van der Waals surface area contributed by atoms with Gasteiger partial charge in [-0.3, -0.25) is 0 Å². The zero-order valence-corrected chi connectivity index (χ0v) is 19.6. The van der Waals surface area contributed by atoms with E-state index in [1.165, 1.54) is 27.9 Å². The van der Waals surface area contributed by atoms with Crippen LogP contribution in [-0.4, -0.2) is 49.5 Å². The maximum absolute atomic E-state index is 10.3. The summed E-state index contributed by atoms with van der Waals surface area (Å²) in [5.41, 5.74) is 1.43. The number of hydrogen-bond acceptors (Lipinski definition) is 3. The van der Waals surface area contributed by atoms with Gasteiger partial charge in [-0.25, -0.2) is 0 Å². The molecule has 0 aliphatic carbocycles. The first-order valence-corrected chi connectivity index (χ1v) is 12.6. The molecular weight excluding hydrogens is 449 g/mol. The van der Waals surface area contributed by atoms with Gasteiger partial charge in [-0.05, 0) is 0 Å². The van der Waals surface area contributed by atoms with Crippen LogP contribution in [0.1, 0.15) is 19.8 Å². The van der Waals surface area contributed by atoms with E-state index in [0.29, 0.717) is 36.3 Å². The molecule has 0 aromatic heterocycles. The second-order valence-electron chi connectivity index (χ2n) is 4.11. The van der Waals surface area contributed by atoms with Gasteiger partial charge >= 0.3 is 185 Å². The fourth-order valence-corrected chi connectivity index (χ4v) is 6.48. The summed E-state index contributed by atoms with van der Waals surface area (Å²) >= 11 is 1.25. The third-order valence-corrected chi connectivity index (χ3v) is 7.58. The number of hydrogen-bond donors (Lipinski definition) is 1. The molecule has 1 aromatic rings. The Bertz CT molecular complexity index is 462. The van der Waals surface area contributed by atoms with Crippen LogP contribution < -0.4 is 51.4 Å². The van der Waals surface area contributed by atoms with Gasteiger partial charge in [0.05, 0.1) is 0 Å². The number of rotatable bonds is 11. The summed E-state index contributed by atoms with van der Waals surface area (Å²) in [4.78, 5) is 0. The maximum atomic E-state index is 10.3. The largest absolute Gasteiger partial charge is 1.00 e. The molecule has 21 heavy (non-hydrogen) atoms. The summed E-state index contributed by atoms with van der Waals surface area (Å²) in [7, 11) is -4.25. The molecular formula is C13H21KO4SSe2. The Balaban J connectivity index is 0. The van der Waals surface area contributed by atoms with Crippen LogP contribution in [0, 0.1) is 0 Å². The topological polar surface area (TPSA) is 63.6 Å². The van der Waals surface area contributed by atoms with Crippen molar-refractivity contribution in [1.29, 1.82) is 0 Å². The SMILES string of the molecule is O=S(=O)(O)OCCC[Se]CCC[Se]Cc1ccccc1.[H-].[K+]. The van der Waals surface area contributed by atoms with Crippen molar-refractivity contribution in [3.8, 4) is 0 Å². The third-order valence-electron chi connectivity index (χ3n) is 2.35. The molecule has 1 N–H and O–H groups in total. The molecule has 0 unspecified atom stereocenters. The van der Waals surface area contributed by atoms with E-state index in [0.717, 1.165) is 5.32 Å². The fraction of sp³-hybridized carbons (Fsp3) is 0.538. The Morgan fingerprint density at radius 1 is 1.05 bits per heavy atom. The molecule has 0 aliphatic heterocycles. The van der Waals surface area contributed by atoms with Gasteiger partial charge in [0.15, 0.2) is 0 Å². The van der Waals surface area contributed by atoms with Gasteiger partial charge < -0.3 is 1.43 Å². The van der Waals surface area contributed by atoms with E-state index >= 15 is 0 Å². The molecule has 0 radical (unpaired) electrons. The van der Waals surface area contributed by atoms with Gasteiger partial charge in [-0.1, -0.05) is 0 Å². The maximum Gasteiger partial charge on any atom is 1.00 e. The Kier molecular flexibility index (Phi) is 15.3. The van der Waals surface area contributed by atoms with E-state index in [9.17, 15) is 8.42 Å². The third kappa shape index (κ3) is 15.1. The standard InChI is InChI=1S/C13H20O4SSe2.K.H/c14-18(15,16)17-8-4-9-19-10-5-11-20-12-13-6-2-1-3-7-13;;/h1-3,6-7H,4-5,8-12H2,(H,14,15,16);;/q;+1;-1. The molecule has 0 heterocycles. The summed E-state index contributed by atoms with van der Waals surface area (Å²) in [6.07, 6.45) is 1.97. The van der Waals surface area contributed by atoms with E-state index in [-0.39, 0.29) is 59.4 Å². The second-order valence-corrected chi connectivity index (χ2v) is 10.1. The van der Waals surface area contributed by atoms with Crippen molar-refractivity contribution in [3.63, 3.8) is 0 Å². The Morgan fingerprint density at radius 2 is 1.67 bits per heavy atom. The van der Waals surface area contributed by atoms with E-state index in [1.807, 2.05) is 6.07 Å². The van der Waals surface area contributed by atoms with Crippen LogP contribution in [0.4, 0.5) is 0 Å². The average molecular weight is 470 g/mol. The molecule has 0 fully saturated rings. The van der Waals surface area contributed by atoms with E-state index in [4.69, 9.17) is 4.55 Å². The minimum absolute atomic E-state index is 0. The van der Waals surface area contributed by atoms with E-state index in [1.54, 1.807) is 0 Å². The Labute approximate surface area is 184 Å². The summed E-state index contributed by atoms with van der Waals surface area (Å²) in [6, 6.07) is 10.6. The molecule has 1 aromatic carbocycles. The molecule has 0 saturated carbocycles. The van der Waals surface area contributed by atoms with E-state index < -0.39 is 10.4 Å². The van der Waals surface area contributed by atoms with E-state index in [2.05, 4.69) is 28.4 Å². The molecule has 4 nitrogen and oxygen atoms in total. The first-order chi connectivity index (χ1) is 9.58. The Hall–Kier alpha value is 1.77. The molecule has 0 aliphatic rings. The van der Waals surface area contributed by atoms with Crippen molar-refractivity contribution in [3.05, 3.63) is 35.9 Å². The van der Waals surface area contributed by atoms with Gasteiger partial charge in [0, 0.05) is 0 Å². The van der Waals surface area contributed by atoms with Gasteiger partial charge in [0.1, 0.15) is 0 Å². The van der Waals surface area contributed by atoms with Crippen LogP contribution in [0.25, 0.3) is 0 Å². The van der Waals surface area contributed by atoms with Gasteiger partial charge in [0.25, 0.3) is 0 Å². The van der Waals surface area contributed by atoms with Crippen molar-refractivity contribution >= 4 is 40.3 Å². The smallest absolute Gasteiger partial charge is 1.00 e. The molecule has 0 spiro atoms. The quantitative estimate of drug-likeness (QED) is 0.271. The van der Waals surface area contributed by atoms with Crippen molar-refractivity contribution in [2.45, 2.75) is 34.1 Å². The zero-order chi connectivity index (χ0) is 14.7. The summed E-state index contributed by atoms with van der Waals surface area (Å²) in [6.45, 7) is 0.0958. The minimum atomic E-state index is -4.25. The summed E-state index contributed by atoms with van der Waals surface area (Å²) in [5.74, 6) is 0. The molecule has 116 valence electrons. The van der Waals surface area contributed by atoms with Crippen molar-refractivity contribution in [2.75, 3.05) is 6.61 Å². The van der Waals surface area contributed by atoms with Crippen LogP contribution in [-0.2, 0) is 19.9 Å². The van der Waals surface area contributed by atoms with Crippen LogP contribution in [0.15, 0.2) is 30.3 Å². The van der Waals surface area contributed by atoms with Gasteiger partial charge in [-0.15, -0.1) is 0 Å². The fourth-order valence-electron chi connectivity index (χ4n) is 1.45. The van der Waals surface area contributed by atoms with Crippen LogP contribution >= 0.6 is 0 Å². The summed E-state index contributed by atoms with van der Waals surface area (Å²) in [5, 5.41) is 4.78. The normalized spacial score (nSPS) is 11.1. The zero-order valence-electron chi connectivity index (χ0n) is 13.2. The average Bonchev–Trinajstić information content (AvgIpc) is 2.41. The number of benzene rings is 1. The minimum Gasteiger partial charge on any atom is -1.00 e. The molecule has 0 bridgehead atoms. The molecule has 0 amide bonds. The molecule has 8 heteroatoms. The van der Waals surface area contributed by atoms with Crippen LogP contribution in [0.5, 0.6) is 0 Å². The Morgan fingerprint density at radius 3 is 2.33 bits per heavy atom. The predicted molar refractivity (Wildman–Crippen MR) is 83.9 cm³/mol.